The van der Waals surface area contributed by atoms with E-state index in [1.54, 1.807) is 23.5 Å². The van der Waals surface area contributed by atoms with Crippen LogP contribution < -0.4 is 0 Å². The van der Waals surface area contributed by atoms with Crippen molar-refractivity contribution in [1.82, 2.24) is 9.21 Å². The van der Waals surface area contributed by atoms with E-state index < -0.39 is 10.0 Å². The van der Waals surface area contributed by atoms with Crippen LogP contribution in [0.3, 0.4) is 0 Å². The number of rotatable bonds is 5. The van der Waals surface area contributed by atoms with Gasteiger partial charge in [0.05, 0.1) is 11.5 Å². The Kier molecular flexibility index (Phi) is 5.02. The van der Waals surface area contributed by atoms with Gasteiger partial charge in [0.25, 0.3) is 0 Å². The highest BCUT2D eigenvalue weighted by atomic mass is 32.2. The van der Waals surface area contributed by atoms with Crippen LogP contribution in [0.1, 0.15) is 18.9 Å². The Morgan fingerprint density at radius 3 is 2.71 bits per heavy atom. The summed E-state index contributed by atoms with van der Waals surface area (Å²) in [5.74, 6) is 0.402. The number of likely N-dealkylation sites (tertiary alicyclic amines) is 1. The van der Waals surface area contributed by atoms with E-state index in [-0.39, 0.29) is 5.41 Å². The van der Waals surface area contributed by atoms with Crippen molar-refractivity contribution >= 4 is 10.0 Å². The summed E-state index contributed by atoms with van der Waals surface area (Å²) < 4.78 is 33.3. The average Bonchev–Trinajstić information content (AvgIpc) is 3.14. The molecule has 0 amide bonds. The van der Waals surface area contributed by atoms with Gasteiger partial charge in [0, 0.05) is 44.6 Å². The molecule has 0 radical (unpaired) electrons. The summed E-state index contributed by atoms with van der Waals surface area (Å²) in [5.41, 5.74) is 0.843. The van der Waals surface area contributed by atoms with E-state index in [4.69, 9.17) is 4.74 Å². The number of hydrogen-bond acceptors (Lipinski definition) is 4. The topological polar surface area (TPSA) is 49.9 Å². The molecule has 134 valence electrons. The van der Waals surface area contributed by atoms with Crippen LogP contribution in [0.4, 0.5) is 0 Å². The summed E-state index contributed by atoms with van der Waals surface area (Å²) in [5, 5.41) is 0. The van der Waals surface area contributed by atoms with Crippen LogP contribution in [0.15, 0.2) is 29.2 Å². The molecule has 0 aliphatic carbocycles. The number of benzene rings is 1. The van der Waals surface area contributed by atoms with Gasteiger partial charge >= 0.3 is 0 Å². The molecule has 1 spiro atoms. The van der Waals surface area contributed by atoms with Gasteiger partial charge in [0.15, 0.2) is 0 Å². The second kappa shape index (κ2) is 6.75. The zero-order valence-electron chi connectivity index (χ0n) is 14.9. The molecule has 24 heavy (non-hydrogen) atoms. The van der Waals surface area contributed by atoms with Crippen molar-refractivity contribution in [3.8, 4) is 0 Å². The molecule has 0 N–H and O–H groups in total. The van der Waals surface area contributed by atoms with Crippen molar-refractivity contribution in [3.05, 3.63) is 29.8 Å². The fourth-order valence-corrected chi connectivity index (χ4v) is 6.09. The van der Waals surface area contributed by atoms with Gasteiger partial charge in [-0.2, -0.15) is 4.31 Å². The van der Waals surface area contributed by atoms with Gasteiger partial charge in [-0.05, 0) is 31.5 Å². The zero-order chi connectivity index (χ0) is 17.4. The maximum Gasteiger partial charge on any atom is 0.243 e. The average molecular weight is 353 g/mol. The third-order valence-corrected chi connectivity index (χ3v) is 7.77. The van der Waals surface area contributed by atoms with Crippen LogP contribution in [0.2, 0.25) is 0 Å². The standard InChI is InChI=1S/C18H28N2O3S/c1-4-19-11-16(12-23-3)18(13-19)9-10-20(14-18)24(21,22)17-8-6-5-7-15(17)2/h5-8,16H,4,9-14H2,1-3H3/t16-,18+/m1/s1. The number of nitrogens with zero attached hydrogens (tertiary/aromatic N) is 2. The van der Waals surface area contributed by atoms with Crippen molar-refractivity contribution in [2.24, 2.45) is 11.3 Å². The molecule has 0 unspecified atom stereocenters. The summed E-state index contributed by atoms with van der Waals surface area (Å²) in [6.07, 6.45) is 0.919. The van der Waals surface area contributed by atoms with E-state index in [9.17, 15) is 8.42 Å². The van der Waals surface area contributed by atoms with Gasteiger partial charge in [0.1, 0.15) is 0 Å². The third kappa shape index (κ3) is 3.01. The Balaban J connectivity index is 1.85. The number of sulfonamides is 1. The van der Waals surface area contributed by atoms with Crippen LogP contribution >= 0.6 is 0 Å². The quantitative estimate of drug-likeness (QED) is 0.813. The first-order valence-electron chi connectivity index (χ1n) is 8.70. The number of ether oxygens (including phenoxy) is 1. The highest BCUT2D eigenvalue weighted by Gasteiger charge is 2.52. The Bertz CT molecular complexity index is 691. The minimum Gasteiger partial charge on any atom is -0.384 e. The molecular weight excluding hydrogens is 324 g/mol. The van der Waals surface area contributed by atoms with E-state index in [1.807, 2.05) is 19.1 Å². The van der Waals surface area contributed by atoms with Crippen LogP contribution in [0.5, 0.6) is 0 Å². The van der Waals surface area contributed by atoms with E-state index in [0.29, 0.717) is 30.5 Å². The van der Waals surface area contributed by atoms with Gasteiger partial charge in [-0.1, -0.05) is 25.1 Å². The largest absolute Gasteiger partial charge is 0.384 e. The van der Waals surface area contributed by atoms with Crippen LogP contribution in [-0.4, -0.2) is 64.1 Å². The Labute approximate surface area is 145 Å². The first-order valence-corrected chi connectivity index (χ1v) is 10.1. The monoisotopic (exact) mass is 352 g/mol. The maximum atomic E-state index is 13.1. The fraction of sp³-hybridized carbons (Fsp3) is 0.667. The van der Waals surface area contributed by atoms with Crippen LogP contribution in [-0.2, 0) is 14.8 Å². The van der Waals surface area contributed by atoms with E-state index >= 15 is 0 Å². The minimum atomic E-state index is -3.42. The molecule has 0 bridgehead atoms. The van der Waals surface area contributed by atoms with Gasteiger partial charge in [-0.25, -0.2) is 8.42 Å². The second-order valence-electron chi connectivity index (χ2n) is 7.20. The highest BCUT2D eigenvalue weighted by molar-refractivity contribution is 7.89. The Hall–Kier alpha value is -0.950. The maximum absolute atomic E-state index is 13.1. The minimum absolute atomic E-state index is 0.0295. The second-order valence-corrected chi connectivity index (χ2v) is 9.10. The molecule has 2 heterocycles. The molecule has 1 aromatic carbocycles. The Morgan fingerprint density at radius 1 is 1.29 bits per heavy atom. The molecule has 0 aromatic heterocycles. The fourth-order valence-electron chi connectivity index (χ4n) is 4.32. The van der Waals surface area contributed by atoms with E-state index in [0.717, 1.165) is 31.6 Å². The van der Waals surface area contributed by atoms with Crippen molar-refractivity contribution in [2.45, 2.75) is 25.2 Å². The van der Waals surface area contributed by atoms with Gasteiger partial charge in [0.2, 0.25) is 10.0 Å². The number of hydrogen-bond donors (Lipinski definition) is 0. The summed E-state index contributed by atoms with van der Waals surface area (Å²) in [6.45, 7) is 8.92. The SMILES string of the molecule is CCN1C[C@H](COC)[C@@]2(CCN(S(=O)(=O)c3ccccc3C)C2)C1. The van der Waals surface area contributed by atoms with E-state index in [1.165, 1.54) is 0 Å². The summed E-state index contributed by atoms with van der Waals surface area (Å²) in [4.78, 5) is 2.86. The normalized spacial score (nSPS) is 28.9. The molecule has 0 saturated carbocycles. The lowest BCUT2D eigenvalue weighted by Gasteiger charge is -2.30. The lowest BCUT2D eigenvalue weighted by atomic mass is 9.78. The van der Waals surface area contributed by atoms with Gasteiger partial charge < -0.3 is 9.64 Å². The zero-order valence-corrected chi connectivity index (χ0v) is 15.7. The summed E-state index contributed by atoms with van der Waals surface area (Å²) in [7, 11) is -1.69. The van der Waals surface area contributed by atoms with Crippen LogP contribution in [0, 0.1) is 18.3 Å². The molecule has 1 aromatic rings. The van der Waals surface area contributed by atoms with Gasteiger partial charge in [-0.3, -0.25) is 0 Å². The van der Waals surface area contributed by atoms with Gasteiger partial charge in [-0.15, -0.1) is 0 Å². The van der Waals surface area contributed by atoms with Crippen molar-refractivity contribution in [1.29, 1.82) is 0 Å². The first-order chi connectivity index (χ1) is 11.4. The molecule has 6 heteroatoms. The Morgan fingerprint density at radius 2 is 2.04 bits per heavy atom. The molecule has 3 rings (SSSR count). The molecule has 2 atom stereocenters. The molecule has 2 aliphatic rings. The smallest absolute Gasteiger partial charge is 0.243 e. The molecule has 5 nitrogen and oxygen atoms in total. The molecule has 2 saturated heterocycles. The summed E-state index contributed by atoms with van der Waals surface area (Å²) in [6, 6.07) is 7.26. The number of aryl methyl sites for hydroxylation is 1. The van der Waals surface area contributed by atoms with Crippen molar-refractivity contribution in [3.63, 3.8) is 0 Å². The third-order valence-electron chi connectivity index (χ3n) is 5.76. The predicted molar refractivity (Wildman–Crippen MR) is 94.5 cm³/mol. The first kappa shape index (κ1) is 17.9. The van der Waals surface area contributed by atoms with Crippen LogP contribution in [0.25, 0.3) is 0 Å². The van der Waals surface area contributed by atoms with E-state index in [2.05, 4.69) is 11.8 Å². The highest BCUT2D eigenvalue weighted by Crippen LogP contribution is 2.45. The number of methoxy groups -OCH3 is 1. The van der Waals surface area contributed by atoms with Crippen molar-refractivity contribution < 1.29 is 13.2 Å². The molecule has 2 fully saturated rings. The molecular formula is C18H28N2O3S. The lowest BCUT2D eigenvalue weighted by Crippen LogP contribution is -2.38. The summed E-state index contributed by atoms with van der Waals surface area (Å²) >= 11 is 0. The lowest BCUT2D eigenvalue weighted by molar-refractivity contribution is 0.101. The van der Waals surface area contributed by atoms with Crippen molar-refractivity contribution in [2.75, 3.05) is 46.4 Å². The predicted octanol–water partition coefficient (Wildman–Crippen LogP) is 1.97. The molecule has 2 aliphatic heterocycles.